The summed E-state index contributed by atoms with van der Waals surface area (Å²) in [7, 11) is 0. The van der Waals surface area contributed by atoms with E-state index in [2.05, 4.69) is 68.1 Å². The molecule has 0 radical (unpaired) electrons. The molecule has 3 aromatic rings. The highest BCUT2D eigenvalue weighted by Crippen LogP contribution is 2.35. The second kappa shape index (κ2) is 9.31. The van der Waals surface area contributed by atoms with Crippen LogP contribution in [0.3, 0.4) is 0 Å². The van der Waals surface area contributed by atoms with Gasteiger partial charge in [0, 0.05) is 0 Å². The van der Waals surface area contributed by atoms with E-state index in [1.54, 1.807) is 0 Å². The third-order valence-electron chi connectivity index (χ3n) is 6.17. The average molecular weight is 385 g/mol. The number of hydrogen-bond donors (Lipinski definition) is 0. The largest absolute Gasteiger partial charge is 0.494 e. The van der Waals surface area contributed by atoms with E-state index in [-0.39, 0.29) is 0 Å². The summed E-state index contributed by atoms with van der Waals surface area (Å²) >= 11 is 0. The van der Waals surface area contributed by atoms with Gasteiger partial charge in [0.05, 0.1) is 6.61 Å². The number of hydrogen-bond acceptors (Lipinski definition) is 1. The maximum atomic E-state index is 5.91. The van der Waals surface area contributed by atoms with Gasteiger partial charge >= 0.3 is 0 Å². The smallest absolute Gasteiger partial charge is 0.119 e. The zero-order chi connectivity index (χ0) is 20.1. The first-order valence-corrected chi connectivity index (χ1v) is 11.1. The van der Waals surface area contributed by atoms with Crippen molar-refractivity contribution in [3.63, 3.8) is 0 Å². The molecule has 1 nitrogen and oxygen atoms in total. The van der Waals surface area contributed by atoms with Crippen LogP contribution in [0.5, 0.6) is 5.75 Å². The van der Waals surface area contributed by atoms with Gasteiger partial charge in [-0.15, -0.1) is 6.58 Å². The fourth-order valence-electron chi connectivity index (χ4n) is 4.54. The lowest BCUT2D eigenvalue weighted by Crippen LogP contribution is -2.13. The molecule has 1 unspecified atom stereocenters. The van der Waals surface area contributed by atoms with E-state index in [1.165, 1.54) is 45.9 Å². The zero-order valence-electron chi connectivity index (χ0n) is 17.6. The zero-order valence-corrected chi connectivity index (χ0v) is 17.6. The maximum absolute atomic E-state index is 5.91. The van der Waals surface area contributed by atoms with Crippen molar-refractivity contribution in [1.29, 1.82) is 0 Å². The van der Waals surface area contributed by atoms with Crippen molar-refractivity contribution < 1.29 is 4.74 Å². The summed E-state index contributed by atoms with van der Waals surface area (Å²) in [6.45, 7) is 6.78. The van der Waals surface area contributed by atoms with Gasteiger partial charge < -0.3 is 4.74 Å². The van der Waals surface area contributed by atoms with E-state index in [9.17, 15) is 0 Å². The normalized spacial score (nSPS) is 15.8. The van der Waals surface area contributed by atoms with E-state index in [0.717, 1.165) is 44.5 Å². The summed E-state index contributed by atoms with van der Waals surface area (Å²) in [5.74, 6) is 1.63. The molecule has 4 rings (SSSR count). The van der Waals surface area contributed by atoms with Crippen LogP contribution in [0.25, 0.3) is 10.8 Å². The molecule has 0 spiro atoms. The fourth-order valence-corrected chi connectivity index (χ4v) is 4.54. The fraction of sp³-hybridized carbons (Fsp3) is 0.357. The molecule has 1 aliphatic rings. The summed E-state index contributed by atoms with van der Waals surface area (Å²) in [5.41, 5.74) is 5.88. The summed E-state index contributed by atoms with van der Waals surface area (Å²) in [6.07, 6.45) is 9.84. The minimum atomic E-state index is 0.613. The Hall–Kier alpha value is -2.54. The molecule has 3 aromatic carbocycles. The Kier molecular flexibility index (Phi) is 6.34. The van der Waals surface area contributed by atoms with Crippen LogP contribution in [-0.4, -0.2) is 6.61 Å². The molecule has 0 aliphatic heterocycles. The molecular weight excluding hydrogens is 352 g/mol. The number of unbranched alkanes of at least 4 members (excludes halogenated alkanes) is 1. The van der Waals surface area contributed by atoms with Crippen molar-refractivity contribution in [2.45, 2.75) is 57.8 Å². The number of fused-ring (bicyclic) bond motifs is 2. The number of ether oxygens (including phenoxy) is 1. The lowest BCUT2D eigenvalue weighted by Gasteiger charge is -2.26. The summed E-state index contributed by atoms with van der Waals surface area (Å²) in [5, 5.41) is 2.74. The Morgan fingerprint density at radius 1 is 1.00 bits per heavy atom. The molecule has 1 aliphatic carbocycles. The van der Waals surface area contributed by atoms with E-state index in [1.807, 2.05) is 6.08 Å². The minimum absolute atomic E-state index is 0.613. The van der Waals surface area contributed by atoms with E-state index in [0.29, 0.717) is 5.92 Å². The molecule has 0 N–H and O–H groups in total. The highest BCUT2D eigenvalue weighted by molar-refractivity contribution is 5.84. The molecule has 0 fully saturated rings. The molecule has 29 heavy (non-hydrogen) atoms. The molecule has 0 bridgehead atoms. The first kappa shape index (κ1) is 19.8. The van der Waals surface area contributed by atoms with Crippen LogP contribution < -0.4 is 4.74 Å². The second-order valence-electron chi connectivity index (χ2n) is 8.34. The highest BCUT2D eigenvalue weighted by atomic mass is 16.5. The van der Waals surface area contributed by atoms with E-state index >= 15 is 0 Å². The van der Waals surface area contributed by atoms with Gasteiger partial charge in [-0.3, -0.25) is 0 Å². The molecular formula is C28H32O. The van der Waals surface area contributed by atoms with Gasteiger partial charge in [0.2, 0.25) is 0 Å². The van der Waals surface area contributed by atoms with Crippen LogP contribution in [0.1, 0.15) is 60.8 Å². The molecule has 1 atom stereocenters. The monoisotopic (exact) mass is 384 g/mol. The Bertz CT molecular complexity index is 985. The minimum Gasteiger partial charge on any atom is -0.494 e. The molecule has 0 amide bonds. The maximum Gasteiger partial charge on any atom is 0.119 e. The summed E-state index contributed by atoms with van der Waals surface area (Å²) in [6, 6.07) is 20.7. The molecule has 1 heteroatoms. The number of rotatable bonds is 8. The SMILES string of the molecule is C=CCCCOc1ccc2c(c1)CCC(c1ccc3cc(CCC)ccc3c1)C2. The molecule has 0 aromatic heterocycles. The number of benzene rings is 3. The highest BCUT2D eigenvalue weighted by Gasteiger charge is 2.21. The second-order valence-corrected chi connectivity index (χ2v) is 8.34. The Labute approximate surface area is 175 Å². The van der Waals surface area contributed by atoms with Gasteiger partial charge in [-0.2, -0.15) is 0 Å². The third-order valence-corrected chi connectivity index (χ3v) is 6.17. The van der Waals surface area contributed by atoms with Crippen molar-refractivity contribution in [3.8, 4) is 5.75 Å². The lowest BCUT2D eigenvalue weighted by atomic mass is 9.79. The average Bonchev–Trinajstić information content (AvgIpc) is 2.76. The topological polar surface area (TPSA) is 9.23 Å². The van der Waals surface area contributed by atoms with Crippen LogP contribution >= 0.6 is 0 Å². The standard InChI is InChI=1S/C28H32O/c1-3-5-6-16-29-28-15-14-26-19-25(12-13-27(26)20-28)24-11-10-22-17-21(7-4-2)8-9-23(22)18-24/h3,8-11,14-15,17-18,20,25H,1,4-7,12-13,16,19H2,2H3. The van der Waals surface area contributed by atoms with Crippen molar-refractivity contribution in [1.82, 2.24) is 0 Å². The van der Waals surface area contributed by atoms with Gasteiger partial charge in [0.15, 0.2) is 0 Å². The van der Waals surface area contributed by atoms with Crippen molar-refractivity contribution in [3.05, 3.63) is 89.5 Å². The molecule has 0 saturated carbocycles. The lowest BCUT2D eigenvalue weighted by molar-refractivity contribution is 0.311. The Balaban J connectivity index is 1.46. The first-order chi connectivity index (χ1) is 14.3. The van der Waals surface area contributed by atoms with Gasteiger partial charge in [0.1, 0.15) is 5.75 Å². The van der Waals surface area contributed by atoms with E-state index in [4.69, 9.17) is 4.74 Å². The van der Waals surface area contributed by atoms with Crippen LogP contribution in [0.15, 0.2) is 67.3 Å². The third kappa shape index (κ3) is 4.72. The molecule has 0 saturated heterocycles. The first-order valence-electron chi connectivity index (χ1n) is 11.1. The van der Waals surface area contributed by atoms with Gasteiger partial charge in [-0.25, -0.2) is 0 Å². The predicted molar refractivity (Wildman–Crippen MR) is 124 cm³/mol. The van der Waals surface area contributed by atoms with Gasteiger partial charge in [0.25, 0.3) is 0 Å². The van der Waals surface area contributed by atoms with Crippen molar-refractivity contribution in [2.24, 2.45) is 0 Å². The van der Waals surface area contributed by atoms with Crippen molar-refractivity contribution >= 4 is 10.8 Å². The van der Waals surface area contributed by atoms with Crippen LogP contribution in [0.4, 0.5) is 0 Å². The van der Waals surface area contributed by atoms with E-state index < -0.39 is 0 Å². The number of allylic oxidation sites excluding steroid dienone is 1. The van der Waals surface area contributed by atoms with Gasteiger partial charge in [-0.05, 0) is 89.6 Å². The quantitative estimate of drug-likeness (QED) is 0.290. The van der Waals surface area contributed by atoms with Crippen molar-refractivity contribution in [2.75, 3.05) is 6.61 Å². The van der Waals surface area contributed by atoms with Gasteiger partial charge in [-0.1, -0.05) is 61.9 Å². The number of aryl methyl sites for hydroxylation is 2. The summed E-state index contributed by atoms with van der Waals surface area (Å²) < 4.78 is 5.91. The van der Waals surface area contributed by atoms with Crippen LogP contribution in [-0.2, 0) is 19.3 Å². The summed E-state index contributed by atoms with van der Waals surface area (Å²) in [4.78, 5) is 0. The van der Waals surface area contributed by atoms with Crippen LogP contribution in [0.2, 0.25) is 0 Å². The molecule has 0 heterocycles. The Morgan fingerprint density at radius 2 is 1.86 bits per heavy atom. The van der Waals surface area contributed by atoms with Crippen LogP contribution in [0, 0.1) is 0 Å². The molecule has 150 valence electrons. The Morgan fingerprint density at radius 3 is 2.72 bits per heavy atom. The predicted octanol–water partition coefficient (Wildman–Crippen LogP) is 7.41.